The normalized spacial score (nSPS) is 12.2. The molecule has 3 nitrogen and oxygen atoms in total. The van der Waals surface area contributed by atoms with E-state index in [1.54, 1.807) is 0 Å². The van der Waals surface area contributed by atoms with Gasteiger partial charge in [0, 0.05) is 5.56 Å². The van der Waals surface area contributed by atoms with E-state index >= 15 is 0 Å². The number of hydrogen-bond donors (Lipinski definition) is 0. The van der Waals surface area contributed by atoms with Crippen LogP contribution in [0.1, 0.15) is 12.5 Å². The lowest BCUT2D eigenvalue weighted by Crippen LogP contribution is -2.28. The highest BCUT2D eigenvalue weighted by molar-refractivity contribution is 6.32. The van der Waals surface area contributed by atoms with Gasteiger partial charge in [0.05, 0.1) is 11.6 Å². The van der Waals surface area contributed by atoms with Gasteiger partial charge in [-0.05, 0) is 25.1 Å². The highest BCUT2D eigenvalue weighted by Gasteiger charge is 2.43. The number of benzene rings is 1. The van der Waals surface area contributed by atoms with Gasteiger partial charge in [-0.2, -0.15) is 8.78 Å². The maximum atomic E-state index is 13.6. The standard InChI is InChI=1S/C11H8ClF5O3/c1-2-19-9(18)10(13,14)6-3-4-8(7(12)5-6)20-11(15,16)17/h3-5H,2H2,1H3. The minimum Gasteiger partial charge on any atom is -0.461 e. The van der Waals surface area contributed by atoms with Gasteiger partial charge in [-0.1, -0.05) is 11.6 Å². The van der Waals surface area contributed by atoms with Gasteiger partial charge in [0.1, 0.15) is 5.75 Å². The fraction of sp³-hybridized carbons (Fsp3) is 0.364. The van der Waals surface area contributed by atoms with E-state index in [1.165, 1.54) is 6.92 Å². The van der Waals surface area contributed by atoms with Gasteiger partial charge in [0.2, 0.25) is 0 Å². The summed E-state index contributed by atoms with van der Waals surface area (Å²) in [4.78, 5) is 11.1. The summed E-state index contributed by atoms with van der Waals surface area (Å²) in [5.41, 5.74) is -0.893. The van der Waals surface area contributed by atoms with Crippen LogP contribution in [0.5, 0.6) is 5.75 Å². The molecule has 1 aromatic rings. The molecule has 0 atom stereocenters. The van der Waals surface area contributed by atoms with Crippen LogP contribution in [-0.4, -0.2) is 18.9 Å². The first-order valence-electron chi connectivity index (χ1n) is 5.18. The minimum absolute atomic E-state index is 0.266. The molecule has 0 unspecified atom stereocenters. The number of esters is 1. The van der Waals surface area contributed by atoms with Crippen LogP contribution in [0.2, 0.25) is 5.02 Å². The summed E-state index contributed by atoms with van der Waals surface area (Å²) in [6.07, 6.45) is -5.01. The van der Waals surface area contributed by atoms with Crippen molar-refractivity contribution < 1.29 is 36.2 Å². The van der Waals surface area contributed by atoms with Gasteiger partial charge in [0.25, 0.3) is 0 Å². The summed E-state index contributed by atoms with van der Waals surface area (Å²) in [5.74, 6) is -6.68. The second-order valence-electron chi connectivity index (χ2n) is 3.49. The van der Waals surface area contributed by atoms with Crippen LogP contribution >= 0.6 is 11.6 Å². The second kappa shape index (κ2) is 5.82. The average molecular weight is 319 g/mol. The average Bonchev–Trinajstić information content (AvgIpc) is 2.30. The Morgan fingerprint density at radius 1 is 1.25 bits per heavy atom. The molecule has 0 heterocycles. The molecular formula is C11H8ClF5O3. The SMILES string of the molecule is CCOC(=O)C(F)(F)c1ccc(OC(F)(F)F)c(Cl)c1. The monoisotopic (exact) mass is 318 g/mol. The van der Waals surface area contributed by atoms with Crippen molar-refractivity contribution in [2.45, 2.75) is 19.2 Å². The molecule has 9 heteroatoms. The van der Waals surface area contributed by atoms with E-state index in [9.17, 15) is 26.7 Å². The molecule has 0 fully saturated rings. The van der Waals surface area contributed by atoms with Crippen LogP contribution < -0.4 is 4.74 Å². The molecule has 0 aliphatic rings. The summed E-state index contributed by atoms with van der Waals surface area (Å²) in [5, 5.41) is -0.705. The predicted molar refractivity (Wildman–Crippen MR) is 58.7 cm³/mol. The van der Waals surface area contributed by atoms with E-state index in [0.717, 1.165) is 0 Å². The Morgan fingerprint density at radius 3 is 2.30 bits per heavy atom. The number of ether oxygens (including phenoxy) is 2. The number of carbonyl (C=O) groups is 1. The largest absolute Gasteiger partial charge is 0.573 e. The Kier molecular flexibility index (Phi) is 4.80. The molecule has 0 N–H and O–H groups in total. The van der Waals surface area contributed by atoms with Crippen molar-refractivity contribution in [1.82, 2.24) is 0 Å². The minimum atomic E-state index is -5.01. The van der Waals surface area contributed by atoms with Crippen LogP contribution in [0.25, 0.3) is 0 Å². The molecule has 0 spiro atoms. The molecule has 0 aromatic heterocycles. The lowest BCUT2D eigenvalue weighted by atomic mass is 10.1. The van der Waals surface area contributed by atoms with Crippen molar-refractivity contribution in [3.63, 3.8) is 0 Å². The van der Waals surface area contributed by atoms with Gasteiger partial charge >= 0.3 is 18.3 Å². The summed E-state index contributed by atoms with van der Waals surface area (Å²) >= 11 is 5.41. The Hall–Kier alpha value is -1.57. The first kappa shape index (κ1) is 16.5. The number of hydrogen-bond acceptors (Lipinski definition) is 3. The van der Waals surface area contributed by atoms with Crippen molar-refractivity contribution in [2.24, 2.45) is 0 Å². The fourth-order valence-corrected chi connectivity index (χ4v) is 1.46. The van der Waals surface area contributed by atoms with Crippen LogP contribution in [-0.2, 0) is 15.5 Å². The zero-order valence-electron chi connectivity index (χ0n) is 9.93. The van der Waals surface area contributed by atoms with Crippen molar-refractivity contribution in [1.29, 1.82) is 0 Å². The number of rotatable bonds is 4. The predicted octanol–water partition coefficient (Wildman–Crippen LogP) is 3.89. The molecule has 0 bridgehead atoms. The van der Waals surface area contributed by atoms with Gasteiger partial charge in [-0.25, -0.2) is 4.79 Å². The summed E-state index contributed by atoms with van der Waals surface area (Å²) in [6.45, 7) is 1.07. The van der Waals surface area contributed by atoms with Gasteiger partial charge in [0.15, 0.2) is 0 Å². The third kappa shape index (κ3) is 3.96. The molecule has 0 radical (unpaired) electrons. The van der Waals surface area contributed by atoms with Gasteiger partial charge < -0.3 is 9.47 Å². The van der Waals surface area contributed by atoms with Crippen molar-refractivity contribution in [3.8, 4) is 5.75 Å². The first-order valence-corrected chi connectivity index (χ1v) is 5.56. The highest BCUT2D eigenvalue weighted by Crippen LogP contribution is 2.36. The van der Waals surface area contributed by atoms with E-state index in [1.807, 2.05) is 0 Å². The molecule has 0 saturated carbocycles. The van der Waals surface area contributed by atoms with Crippen LogP contribution in [0, 0.1) is 0 Å². The van der Waals surface area contributed by atoms with Crippen LogP contribution in [0.3, 0.4) is 0 Å². The molecule has 20 heavy (non-hydrogen) atoms. The lowest BCUT2D eigenvalue weighted by Gasteiger charge is -2.16. The molecule has 112 valence electrons. The van der Waals surface area contributed by atoms with Crippen molar-refractivity contribution >= 4 is 17.6 Å². The number of alkyl halides is 5. The maximum absolute atomic E-state index is 13.6. The maximum Gasteiger partial charge on any atom is 0.573 e. The Bertz CT molecular complexity index is 501. The topological polar surface area (TPSA) is 35.5 Å². The van der Waals surface area contributed by atoms with E-state index in [2.05, 4.69) is 9.47 Å². The zero-order valence-corrected chi connectivity index (χ0v) is 10.7. The third-order valence-electron chi connectivity index (χ3n) is 2.05. The molecule has 0 amide bonds. The number of halogens is 6. The van der Waals surface area contributed by atoms with Crippen molar-refractivity contribution in [2.75, 3.05) is 6.61 Å². The summed E-state index contributed by atoms with van der Waals surface area (Å²) < 4.78 is 70.8. The fourth-order valence-electron chi connectivity index (χ4n) is 1.24. The molecule has 0 aliphatic heterocycles. The lowest BCUT2D eigenvalue weighted by molar-refractivity contribution is -0.274. The Labute approximate surface area is 115 Å². The Morgan fingerprint density at radius 2 is 1.85 bits per heavy atom. The smallest absolute Gasteiger partial charge is 0.461 e. The van der Waals surface area contributed by atoms with Crippen LogP contribution in [0.4, 0.5) is 22.0 Å². The van der Waals surface area contributed by atoms with E-state index < -0.39 is 34.6 Å². The summed E-state index contributed by atoms with van der Waals surface area (Å²) in [7, 11) is 0. The third-order valence-corrected chi connectivity index (χ3v) is 2.35. The molecule has 1 aromatic carbocycles. The second-order valence-corrected chi connectivity index (χ2v) is 3.90. The summed E-state index contributed by atoms with van der Waals surface area (Å²) in [6, 6.07) is 1.71. The first-order chi connectivity index (χ1) is 9.08. The molecular weight excluding hydrogens is 311 g/mol. The van der Waals surface area contributed by atoms with Crippen molar-refractivity contribution in [3.05, 3.63) is 28.8 Å². The Balaban J connectivity index is 3.05. The van der Waals surface area contributed by atoms with E-state index in [4.69, 9.17) is 11.6 Å². The molecule has 1 rings (SSSR count). The highest BCUT2D eigenvalue weighted by atomic mass is 35.5. The van der Waals surface area contributed by atoms with E-state index in [-0.39, 0.29) is 6.61 Å². The van der Waals surface area contributed by atoms with E-state index in [0.29, 0.717) is 18.2 Å². The van der Waals surface area contributed by atoms with Gasteiger partial charge in [-0.15, -0.1) is 13.2 Å². The molecule has 0 saturated heterocycles. The quantitative estimate of drug-likeness (QED) is 0.624. The zero-order chi connectivity index (χ0) is 15.6. The van der Waals surface area contributed by atoms with Crippen LogP contribution in [0.15, 0.2) is 18.2 Å². The van der Waals surface area contributed by atoms with Gasteiger partial charge in [-0.3, -0.25) is 0 Å². The number of carbonyl (C=O) groups excluding carboxylic acids is 1. The molecule has 0 aliphatic carbocycles.